The van der Waals surface area contributed by atoms with Gasteiger partial charge in [-0.25, -0.2) is 14.4 Å². The fourth-order valence-corrected chi connectivity index (χ4v) is 1.56. The molecule has 1 aromatic carbocycles. The fourth-order valence-electron chi connectivity index (χ4n) is 1.56. The second-order valence-corrected chi connectivity index (χ2v) is 3.98. The Labute approximate surface area is 118 Å². The number of hydrogen-bond donors (Lipinski definition) is 2. The van der Waals surface area contributed by atoms with Gasteiger partial charge in [0.1, 0.15) is 6.61 Å². The van der Waals surface area contributed by atoms with Gasteiger partial charge in [0.15, 0.2) is 11.4 Å². The third-order valence-electron chi connectivity index (χ3n) is 2.53. The molecule has 0 saturated carbocycles. The molecule has 8 heteroatoms. The van der Waals surface area contributed by atoms with Crippen LogP contribution in [0.2, 0.25) is 0 Å². The highest BCUT2D eigenvalue weighted by Crippen LogP contribution is 2.08. The summed E-state index contributed by atoms with van der Waals surface area (Å²) >= 11 is 0. The standard InChI is InChI=1S/C13H10N2O6/c16-11(17)9-6-10(12(18)19)15(14-9)13(20)21-7-8-4-2-1-3-5-8/h1-6H,7H2,(H,16,17)(H,18,19). The first-order valence-corrected chi connectivity index (χ1v) is 5.76. The van der Waals surface area contributed by atoms with Crippen LogP contribution in [0.25, 0.3) is 0 Å². The molecule has 108 valence electrons. The summed E-state index contributed by atoms with van der Waals surface area (Å²) in [6, 6.07) is 9.52. The number of carboxylic acid groups (broad SMARTS) is 2. The largest absolute Gasteiger partial charge is 0.477 e. The van der Waals surface area contributed by atoms with Crippen LogP contribution in [-0.4, -0.2) is 38.0 Å². The Balaban J connectivity index is 2.18. The van der Waals surface area contributed by atoms with Crippen LogP contribution in [0.5, 0.6) is 0 Å². The second-order valence-electron chi connectivity index (χ2n) is 3.98. The first-order valence-electron chi connectivity index (χ1n) is 5.76. The Morgan fingerprint density at radius 2 is 1.76 bits per heavy atom. The molecule has 0 radical (unpaired) electrons. The molecule has 8 nitrogen and oxygen atoms in total. The van der Waals surface area contributed by atoms with Crippen LogP contribution in [0, 0.1) is 0 Å². The molecule has 2 aromatic rings. The van der Waals surface area contributed by atoms with Crippen LogP contribution in [0.3, 0.4) is 0 Å². The third-order valence-corrected chi connectivity index (χ3v) is 2.53. The third kappa shape index (κ3) is 3.24. The topological polar surface area (TPSA) is 119 Å². The smallest absolute Gasteiger partial charge is 0.435 e. The van der Waals surface area contributed by atoms with E-state index in [0.717, 1.165) is 6.07 Å². The van der Waals surface area contributed by atoms with Crippen LogP contribution < -0.4 is 0 Å². The highest BCUT2D eigenvalue weighted by Gasteiger charge is 2.23. The number of carbonyl (C=O) groups excluding carboxylic acids is 1. The van der Waals surface area contributed by atoms with Crippen molar-refractivity contribution in [3.8, 4) is 0 Å². The molecule has 0 aliphatic heterocycles. The van der Waals surface area contributed by atoms with Gasteiger partial charge in [0.2, 0.25) is 0 Å². The Kier molecular flexibility index (Phi) is 3.98. The zero-order valence-corrected chi connectivity index (χ0v) is 10.6. The number of carbonyl (C=O) groups is 3. The fraction of sp³-hybridized carbons (Fsp3) is 0.0769. The van der Waals surface area contributed by atoms with Crippen LogP contribution in [0.15, 0.2) is 36.4 Å². The molecule has 1 heterocycles. The van der Waals surface area contributed by atoms with Gasteiger partial charge < -0.3 is 14.9 Å². The summed E-state index contributed by atoms with van der Waals surface area (Å²) in [7, 11) is 0. The van der Waals surface area contributed by atoms with E-state index in [2.05, 4.69) is 5.10 Å². The van der Waals surface area contributed by atoms with Crippen LogP contribution in [0.4, 0.5) is 4.79 Å². The van der Waals surface area contributed by atoms with Crippen molar-refractivity contribution in [1.29, 1.82) is 0 Å². The number of aromatic carboxylic acids is 2. The molecule has 0 spiro atoms. The molecular weight excluding hydrogens is 280 g/mol. The van der Waals surface area contributed by atoms with Gasteiger partial charge >= 0.3 is 18.0 Å². The van der Waals surface area contributed by atoms with Gasteiger partial charge in [0, 0.05) is 6.07 Å². The zero-order chi connectivity index (χ0) is 15.4. The van der Waals surface area contributed by atoms with E-state index in [1.54, 1.807) is 30.3 Å². The summed E-state index contributed by atoms with van der Waals surface area (Å²) in [6.45, 7) is -0.0823. The Morgan fingerprint density at radius 3 is 2.33 bits per heavy atom. The minimum Gasteiger partial charge on any atom is -0.477 e. The lowest BCUT2D eigenvalue weighted by molar-refractivity contribution is 0.0671. The highest BCUT2D eigenvalue weighted by atomic mass is 16.6. The number of benzene rings is 1. The SMILES string of the molecule is O=C(O)c1cc(C(=O)O)n(C(=O)OCc2ccccc2)n1. The molecule has 1 aromatic heterocycles. The Morgan fingerprint density at radius 1 is 1.10 bits per heavy atom. The minimum absolute atomic E-state index is 0.0823. The van der Waals surface area contributed by atoms with E-state index < -0.39 is 29.4 Å². The lowest BCUT2D eigenvalue weighted by Gasteiger charge is -2.05. The molecule has 0 unspecified atom stereocenters. The van der Waals surface area contributed by atoms with Gasteiger partial charge in [-0.3, -0.25) is 0 Å². The number of nitrogens with zero attached hydrogens (tertiary/aromatic N) is 2. The highest BCUT2D eigenvalue weighted by molar-refractivity contribution is 5.94. The van der Waals surface area contributed by atoms with E-state index in [1.165, 1.54) is 0 Å². The van der Waals surface area contributed by atoms with E-state index in [1.807, 2.05) is 0 Å². The van der Waals surface area contributed by atoms with E-state index >= 15 is 0 Å². The summed E-state index contributed by atoms with van der Waals surface area (Å²) in [6.07, 6.45) is -1.07. The molecule has 0 saturated heterocycles. The van der Waals surface area contributed by atoms with Crippen LogP contribution in [0.1, 0.15) is 26.5 Å². The number of carboxylic acids is 2. The number of aromatic nitrogens is 2. The molecular formula is C13H10N2O6. The molecule has 2 rings (SSSR count). The number of hydrogen-bond acceptors (Lipinski definition) is 5. The molecule has 2 N–H and O–H groups in total. The van der Waals surface area contributed by atoms with E-state index in [9.17, 15) is 14.4 Å². The summed E-state index contributed by atoms with van der Waals surface area (Å²) in [4.78, 5) is 33.5. The number of rotatable bonds is 4. The molecule has 0 bridgehead atoms. The van der Waals surface area contributed by atoms with Crippen molar-refractivity contribution < 1.29 is 29.3 Å². The average molecular weight is 290 g/mol. The first kappa shape index (κ1) is 14.3. The molecule has 21 heavy (non-hydrogen) atoms. The maximum Gasteiger partial charge on any atom is 0.435 e. The molecule has 0 aliphatic rings. The van der Waals surface area contributed by atoms with Crippen molar-refractivity contribution in [2.24, 2.45) is 0 Å². The quantitative estimate of drug-likeness (QED) is 0.874. The van der Waals surface area contributed by atoms with Crippen molar-refractivity contribution in [2.45, 2.75) is 6.61 Å². The van der Waals surface area contributed by atoms with Crippen molar-refractivity contribution in [3.05, 3.63) is 53.3 Å². The van der Waals surface area contributed by atoms with Crippen molar-refractivity contribution in [2.75, 3.05) is 0 Å². The lowest BCUT2D eigenvalue weighted by Crippen LogP contribution is -2.20. The van der Waals surface area contributed by atoms with Gasteiger partial charge in [-0.1, -0.05) is 30.3 Å². The molecule has 0 atom stereocenters. The predicted octanol–water partition coefficient (Wildman–Crippen LogP) is 1.46. The maximum atomic E-state index is 11.8. The second kappa shape index (κ2) is 5.87. The van der Waals surface area contributed by atoms with Crippen molar-refractivity contribution >= 4 is 18.0 Å². The van der Waals surface area contributed by atoms with Gasteiger partial charge in [0.25, 0.3) is 0 Å². The minimum atomic E-state index is -1.48. The van der Waals surface area contributed by atoms with Gasteiger partial charge in [0.05, 0.1) is 0 Å². The summed E-state index contributed by atoms with van der Waals surface area (Å²) in [5, 5.41) is 21.1. The van der Waals surface area contributed by atoms with Gasteiger partial charge in [-0.2, -0.15) is 9.78 Å². The Hall–Kier alpha value is -3.16. The molecule has 0 amide bonds. The van der Waals surface area contributed by atoms with E-state index in [-0.39, 0.29) is 6.61 Å². The predicted molar refractivity (Wildman–Crippen MR) is 68.2 cm³/mol. The van der Waals surface area contributed by atoms with Crippen LogP contribution in [-0.2, 0) is 11.3 Å². The maximum absolute atomic E-state index is 11.8. The lowest BCUT2D eigenvalue weighted by atomic mass is 10.2. The normalized spacial score (nSPS) is 10.1. The van der Waals surface area contributed by atoms with Crippen molar-refractivity contribution in [1.82, 2.24) is 9.78 Å². The first-order chi connectivity index (χ1) is 9.99. The average Bonchev–Trinajstić information content (AvgIpc) is 2.91. The van der Waals surface area contributed by atoms with E-state index in [4.69, 9.17) is 14.9 Å². The molecule has 0 fully saturated rings. The molecule has 0 aliphatic carbocycles. The zero-order valence-electron chi connectivity index (χ0n) is 10.6. The van der Waals surface area contributed by atoms with E-state index in [0.29, 0.717) is 10.2 Å². The van der Waals surface area contributed by atoms with Gasteiger partial charge in [-0.15, -0.1) is 0 Å². The van der Waals surface area contributed by atoms with Gasteiger partial charge in [-0.05, 0) is 5.56 Å². The van der Waals surface area contributed by atoms with Crippen molar-refractivity contribution in [3.63, 3.8) is 0 Å². The number of ether oxygens (including phenoxy) is 1. The summed E-state index contributed by atoms with van der Waals surface area (Å²) < 4.78 is 5.31. The summed E-state index contributed by atoms with van der Waals surface area (Å²) in [5.74, 6) is -2.92. The monoisotopic (exact) mass is 290 g/mol. The summed E-state index contributed by atoms with van der Waals surface area (Å²) in [5.41, 5.74) is -0.428. The Bertz CT molecular complexity index is 692. The van der Waals surface area contributed by atoms with Crippen LogP contribution >= 0.6 is 0 Å².